The highest BCUT2D eigenvalue weighted by atomic mass is 16.6. The number of anilines is 3. The molecule has 8 heteroatoms. The van der Waals surface area contributed by atoms with Crippen molar-refractivity contribution in [1.29, 1.82) is 0 Å². The summed E-state index contributed by atoms with van der Waals surface area (Å²) in [5, 5.41) is 6.37. The van der Waals surface area contributed by atoms with E-state index in [-0.39, 0.29) is 0 Å². The van der Waals surface area contributed by atoms with Crippen LogP contribution in [-0.4, -0.2) is 46.8 Å². The van der Waals surface area contributed by atoms with Crippen LogP contribution in [-0.2, 0) is 17.6 Å². The summed E-state index contributed by atoms with van der Waals surface area (Å²) >= 11 is 0. The number of rotatable bonds is 9. The van der Waals surface area contributed by atoms with Crippen LogP contribution < -0.4 is 15.5 Å². The van der Waals surface area contributed by atoms with Crippen molar-refractivity contribution in [1.82, 2.24) is 15.0 Å². The van der Waals surface area contributed by atoms with Gasteiger partial charge in [-0.05, 0) is 57.2 Å². The van der Waals surface area contributed by atoms with Gasteiger partial charge in [-0.1, -0.05) is 18.2 Å². The lowest BCUT2D eigenvalue weighted by Crippen LogP contribution is -2.38. The van der Waals surface area contributed by atoms with E-state index in [4.69, 9.17) is 4.74 Å². The molecule has 174 valence electrons. The highest BCUT2D eigenvalue weighted by molar-refractivity contribution is 5.87. The van der Waals surface area contributed by atoms with Crippen molar-refractivity contribution in [2.24, 2.45) is 0 Å². The van der Waals surface area contributed by atoms with E-state index < -0.39 is 11.7 Å². The molecule has 0 aliphatic carbocycles. The molecule has 0 aliphatic heterocycles. The predicted molar refractivity (Wildman–Crippen MR) is 132 cm³/mol. The number of aromatic nitrogens is 3. The van der Waals surface area contributed by atoms with E-state index >= 15 is 0 Å². The van der Waals surface area contributed by atoms with Gasteiger partial charge in [-0.15, -0.1) is 0 Å². The molecule has 0 spiro atoms. The van der Waals surface area contributed by atoms with Gasteiger partial charge in [0.25, 0.3) is 0 Å². The van der Waals surface area contributed by atoms with E-state index in [1.165, 1.54) is 0 Å². The van der Waals surface area contributed by atoms with Crippen LogP contribution in [0.4, 0.5) is 22.2 Å². The number of amides is 1. The molecule has 0 radical (unpaired) electrons. The zero-order valence-corrected chi connectivity index (χ0v) is 19.7. The second-order valence-corrected chi connectivity index (χ2v) is 8.53. The first-order valence-corrected chi connectivity index (χ1v) is 11.1. The molecule has 0 aromatic carbocycles. The molecule has 0 bridgehead atoms. The Morgan fingerprint density at radius 2 is 1.70 bits per heavy atom. The summed E-state index contributed by atoms with van der Waals surface area (Å²) in [5.41, 5.74) is 1.28. The number of hydrogen-bond acceptors (Lipinski definition) is 7. The molecule has 3 aromatic heterocycles. The Labute approximate surface area is 195 Å². The lowest BCUT2D eigenvalue weighted by atomic mass is 10.2. The summed E-state index contributed by atoms with van der Waals surface area (Å²) in [4.78, 5) is 28.1. The smallest absolute Gasteiger partial charge is 0.416 e. The molecule has 2 N–H and O–H groups in total. The van der Waals surface area contributed by atoms with Gasteiger partial charge >= 0.3 is 6.09 Å². The van der Waals surface area contributed by atoms with Crippen molar-refractivity contribution in [2.45, 2.75) is 39.2 Å². The quantitative estimate of drug-likeness (QED) is 0.496. The van der Waals surface area contributed by atoms with Crippen LogP contribution in [0.5, 0.6) is 0 Å². The summed E-state index contributed by atoms with van der Waals surface area (Å²) in [7, 11) is 1.85. The first-order valence-electron chi connectivity index (χ1n) is 11.1. The number of hydrogen-bond donors (Lipinski definition) is 2. The van der Waals surface area contributed by atoms with Gasteiger partial charge in [0.1, 0.15) is 23.1 Å². The van der Waals surface area contributed by atoms with Gasteiger partial charge in [0.15, 0.2) is 0 Å². The summed E-state index contributed by atoms with van der Waals surface area (Å²) < 4.78 is 5.64. The molecule has 33 heavy (non-hydrogen) atoms. The highest BCUT2D eigenvalue weighted by Gasteiger charge is 2.24. The maximum absolute atomic E-state index is 13.0. The predicted octanol–water partition coefficient (Wildman–Crippen LogP) is 4.55. The number of pyridine rings is 3. The fourth-order valence-electron chi connectivity index (χ4n) is 3.14. The SMILES string of the molecule is CNc1cccc(CCNc2cccc(N(CCc3ccccn3)C(=O)OC(C)(C)C)n2)n1. The normalized spacial score (nSPS) is 11.0. The van der Waals surface area contributed by atoms with Crippen LogP contribution in [0.15, 0.2) is 60.8 Å². The molecule has 0 fully saturated rings. The van der Waals surface area contributed by atoms with E-state index in [2.05, 4.69) is 25.6 Å². The maximum atomic E-state index is 13.0. The van der Waals surface area contributed by atoms with Gasteiger partial charge in [0.05, 0.1) is 0 Å². The van der Waals surface area contributed by atoms with Gasteiger partial charge in [-0.2, -0.15) is 0 Å². The Hall–Kier alpha value is -3.68. The minimum Gasteiger partial charge on any atom is -0.443 e. The summed E-state index contributed by atoms with van der Waals surface area (Å²) in [6, 6.07) is 17.2. The molecule has 1 amide bonds. The number of nitrogens with zero attached hydrogens (tertiary/aromatic N) is 4. The molecule has 8 nitrogen and oxygen atoms in total. The Balaban J connectivity index is 1.70. The molecule has 0 atom stereocenters. The zero-order valence-electron chi connectivity index (χ0n) is 19.7. The standard InChI is InChI=1S/C25H32N6O2/c1-25(2,3)33-24(32)31(18-15-19-9-5-6-16-27-19)23-13-8-12-22(30-23)28-17-14-20-10-7-11-21(26-4)29-20/h5-13,16H,14-15,17-18H2,1-4H3,(H,26,29)(H,28,30). The topological polar surface area (TPSA) is 92.3 Å². The van der Waals surface area contributed by atoms with Gasteiger partial charge in [-0.25, -0.2) is 14.8 Å². The van der Waals surface area contributed by atoms with Crippen LogP contribution in [0.25, 0.3) is 0 Å². The Morgan fingerprint density at radius 3 is 2.42 bits per heavy atom. The second-order valence-electron chi connectivity index (χ2n) is 8.53. The van der Waals surface area contributed by atoms with Gasteiger partial charge < -0.3 is 15.4 Å². The van der Waals surface area contributed by atoms with E-state index in [0.717, 1.165) is 23.6 Å². The fraction of sp³-hybridized carbons (Fsp3) is 0.360. The van der Waals surface area contributed by atoms with Gasteiger partial charge in [0.2, 0.25) is 0 Å². The average Bonchev–Trinajstić information content (AvgIpc) is 2.79. The molecule has 0 saturated carbocycles. The molecule has 0 aliphatic rings. The van der Waals surface area contributed by atoms with Crippen LogP contribution in [0.3, 0.4) is 0 Å². The Morgan fingerprint density at radius 1 is 0.939 bits per heavy atom. The monoisotopic (exact) mass is 448 g/mol. The third kappa shape index (κ3) is 7.75. The van der Waals surface area contributed by atoms with E-state index in [1.54, 1.807) is 11.1 Å². The van der Waals surface area contributed by atoms with Crippen molar-refractivity contribution in [3.8, 4) is 0 Å². The molecule has 3 rings (SSSR count). The van der Waals surface area contributed by atoms with Crippen LogP contribution in [0.1, 0.15) is 32.2 Å². The number of carbonyl (C=O) groups is 1. The third-order valence-electron chi connectivity index (χ3n) is 4.69. The molecule has 3 aromatic rings. The average molecular weight is 449 g/mol. The van der Waals surface area contributed by atoms with Crippen molar-refractivity contribution >= 4 is 23.5 Å². The van der Waals surface area contributed by atoms with E-state index in [0.29, 0.717) is 31.1 Å². The Bertz CT molecular complexity index is 1040. The largest absolute Gasteiger partial charge is 0.443 e. The molecular weight excluding hydrogens is 416 g/mol. The summed E-state index contributed by atoms with van der Waals surface area (Å²) in [6.45, 7) is 6.62. The van der Waals surface area contributed by atoms with Crippen LogP contribution in [0, 0.1) is 0 Å². The minimum absolute atomic E-state index is 0.406. The van der Waals surface area contributed by atoms with Crippen molar-refractivity contribution in [3.63, 3.8) is 0 Å². The van der Waals surface area contributed by atoms with Crippen molar-refractivity contribution in [3.05, 3.63) is 72.2 Å². The molecular formula is C25H32N6O2. The first kappa shape index (κ1) is 24.0. The van der Waals surface area contributed by atoms with E-state index in [9.17, 15) is 4.79 Å². The number of nitrogens with one attached hydrogen (secondary N) is 2. The molecule has 0 unspecified atom stereocenters. The van der Waals surface area contributed by atoms with Gasteiger partial charge in [0, 0.05) is 50.6 Å². The lowest BCUT2D eigenvalue weighted by Gasteiger charge is -2.27. The summed E-state index contributed by atoms with van der Waals surface area (Å²) in [5.74, 6) is 2.05. The zero-order chi connectivity index (χ0) is 23.7. The second kappa shape index (κ2) is 11.3. The van der Waals surface area contributed by atoms with Crippen LogP contribution >= 0.6 is 0 Å². The van der Waals surface area contributed by atoms with Crippen molar-refractivity contribution < 1.29 is 9.53 Å². The third-order valence-corrected chi connectivity index (χ3v) is 4.69. The van der Waals surface area contributed by atoms with Crippen molar-refractivity contribution in [2.75, 3.05) is 35.7 Å². The Kier molecular flexibility index (Phi) is 8.18. The molecule has 0 saturated heterocycles. The van der Waals surface area contributed by atoms with Gasteiger partial charge in [-0.3, -0.25) is 9.88 Å². The first-order chi connectivity index (χ1) is 15.8. The lowest BCUT2D eigenvalue weighted by molar-refractivity contribution is 0.0579. The van der Waals surface area contributed by atoms with E-state index in [1.807, 2.05) is 82.4 Å². The maximum Gasteiger partial charge on any atom is 0.416 e. The number of carbonyl (C=O) groups excluding carboxylic acids is 1. The van der Waals surface area contributed by atoms with Crippen LogP contribution in [0.2, 0.25) is 0 Å². The molecule has 3 heterocycles. The summed E-state index contributed by atoms with van der Waals surface area (Å²) in [6.07, 6.45) is 2.65. The fourth-order valence-corrected chi connectivity index (χ4v) is 3.14. The highest BCUT2D eigenvalue weighted by Crippen LogP contribution is 2.19. The number of ether oxygens (including phenoxy) is 1. The minimum atomic E-state index is -0.606.